The van der Waals surface area contributed by atoms with Crippen molar-refractivity contribution < 1.29 is 19.0 Å². The molecule has 2 N–H and O–H groups in total. The minimum Gasteiger partial charge on any atom is -0.497 e. The van der Waals surface area contributed by atoms with Crippen molar-refractivity contribution in [3.05, 3.63) is 89.1 Å². The third kappa shape index (κ3) is 4.32. The fraction of sp³-hybridized carbons (Fsp3) is 0.276. The molecule has 0 radical (unpaired) electrons. The number of benzene rings is 3. The fourth-order valence-corrected chi connectivity index (χ4v) is 5.11. The minimum atomic E-state index is -0.329. The molecular weight excluding hydrogens is 440 g/mol. The average Bonchev–Trinajstić information content (AvgIpc) is 3.05. The lowest BCUT2D eigenvalue weighted by Crippen LogP contribution is -2.27. The predicted octanol–water partition coefficient (Wildman–Crippen LogP) is 6.08. The Hall–Kier alpha value is -3.93. The van der Waals surface area contributed by atoms with Gasteiger partial charge in [-0.1, -0.05) is 30.3 Å². The van der Waals surface area contributed by atoms with E-state index in [9.17, 15) is 4.79 Å². The number of para-hydroxylation sites is 3. The summed E-state index contributed by atoms with van der Waals surface area (Å²) in [4.78, 5) is 13.9. The van der Waals surface area contributed by atoms with Gasteiger partial charge >= 0.3 is 0 Å². The van der Waals surface area contributed by atoms with Crippen LogP contribution in [0.15, 0.2) is 78.0 Å². The van der Waals surface area contributed by atoms with Gasteiger partial charge < -0.3 is 24.8 Å². The average molecular weight is 471 g/mol. The van der Waals surface area contributed by atoms with E-state index in [2.05, 4.69) is 10.6 Å². The number of carbonyl (C=O) groups is 1. The van der Waals surface area contributed by atoms with Crippen LogP contribution in [-0.4, -0.2) is 26.6 Å². The van der Waals surface area contributed by atoms with Gasteiger partial charge in [0.05, 0.1) is 38.2 Å². The van der Waals surface area contributed by atoms with Crippen molar-refractivity contribution in [3.8, 4) is 17.2 Å². The quantitative estimate of drug-likeness (QED) is 0.455. The lowest BCUT2D eigenvalue weighted by Gasteiger charge is -2.31. The molecule has 0 aromatic heterocycles. The van der Waals surface area contributed by atoms with Crippen LogP contribution in [0.3, 0.4) is 0 Å². The van der Waals surface area contributed by atoms with Crippen molar-refractivity contribution in [1.82, 2.24) is 0 Å². The van der Waals surface area contributed by atoms with Crippen molar-refractivity contribution in [1.29, 1.82) is 0 Å². The van der Waals surface area contributed by atoms with Crippen LogP contribution in [0.5, 0.6) is 17.2 Å². The van der Waals surface area contributed by atoms with Crippen molar-refractivity contribution in [3.63, 3.8) is 0 Å². The Kier molecular flexibility index (Phi) is 6.36. The zero-order valence-corrected chi connectivity index (χ0v) is 20.3. The van der Waals surface area contributed by atoms with Crippen LogP contribution >= 0.6 is 0 Å². The lowest BCUT2D eigenvalue weighted by molar-refractivity contribution is -0.116. The molecule has 1 aliphatic heterocycles. The Labute approximate surface area is 205 Å². The van der Waals surface area contributed by atoms with E-state index in [4.69, 9.17) is 14.2 Å². The second-order valence-electron chi connectivity index (χ2n) is 8.75. The summed E-state index contributed by atoms with van der Waals surface area (Å²) in [5.74, 6) is 2.36. The standard InChI is InChI=1S/C29H30N2O4/c1-4-35-27-12-8-5-9-20(27)29-28-24(30-22-10-6-7-11-23(22)31-29)15-18(16-25(28)32)21-17-19(33-2)13-14-26(21)34-3/h5-14,17-18,29-31H,4,15-16H2,1-3H3. The van der Waals surface area contributed by atoms with Gasteiger partial charge in [0.1, 0.15) is 17.2 Å². The van der Waals surface area contributed by atoms with Crippen molar-refractivity contribution in [2.75, 3.05) is 31.5 Å². The number of rotatable bonds is 6. The lowest BCUT2D eigenvalue weighted by atomic mass is 9.78. The van der Waals surface area contributed by atoms with E-state index in [1.54, 1.807) is 14.2 Å². The molecule has 1 heterocycles. The summed E-state index contributed by atoms with van der Waals surface area (Å²) >= 11 is 0. The molecule has 35 heavy (non-hydrogen) atoms. The Morgan fingerprint density at radius 2 is 1.63 bits per heavy atom. The van der Waals surface area contributed by atoms with E-state index in [-0.39, 0.29) is 17.7 Å². The summed E-state index contributed by atoms with van der Waals surface area (Å²) in [5, 5.41) is 7.23. The molecule has 0 spiro atoms. The minimum absolute atomic E-state index is 0.0353. The number of hydrogen-bond acceptors (Lipinski definition) is 6. The smallest absolute Gasteiger partial charge is 0.163 e. The third-order valence-electron chi connectivity index (χ3n) is 6.72. The number of ether oxygens (including phenoxy) is 3. The molecule has 5 rings (SSSR count). The van der Waals surface area contributed by atoms with Crippen LogP contribution in [0, 0.1) is 0 Å². The third-order valence-corrected chi connectivity index (χ3v) is 6.72. The first-order valence-corrected chi connectivity index (χ1v) is 11.9. The maximum absolute atomic E-state index is 13.9. The summed E-state index contributed by atoms with van der Waals surface area (Å²) in [6, 6.07) is 21.4. The van der Waals surface area contributed by atoms with Gasteiger partial charge in [-0.2, -0.15) is 0 Å². The maximum atomic E-state index is 13.9. The van der Waals surface area contributed by atoms with Gasteiger partial charge in [-0.3, -0.25) is 4.79 Å². The second kappa shape index (κ2) is 9.74. The van der Waals surface area contributed by atoms with Crippen LogP contribution in [0.2, 0.25) is 0 Å². The highest BCUT2D eigenvalue weighted by atomic mass is 16.5. The highest BCUT2D eigenvalue weighted by Crippen LogP contribution is 2.47. The molecule has 2 atom stereocenters. The van der Waals surface area contributed by atoms with Gasteiger partial charge in [0.25, 0.3) is 0 Å². The van der Waals surface area contributed by atoms with E-state index in [1.165, 1.54) is 0 Å². The Bertz CT molecular complexity index is 1280. The number of hydrogen-bond donors (Lipinski definition) is 2. The number of allylic oxidation sites excluding steroid dienone is 1. The van der Waals surface area contributed by atoms with Crippen LogP contribution in [-0.2, 0) is 4.79 Å². The van der Waals surface area contributed by atoms with Crippen LogP contribution in [0.1, 0.15) is 42.9 Å². The van der Waals surface area contributed by atoms with Gasteiger partial charge in [-0.15, -0.1) is 0 Å². The van der Waals surface area contributed by atoms with Gasteiger partial charge in [-0.05, 0) is 49.7 Å². The number of nitrogens with one attached hydrogen (secondary N) is 2. The SMILES string of the molecule is CCOc1ccccc1C1Nc2ccccc2NC2=C1C(=O)CC(c1cc(OC)ccc1OC)C2. The van der Waals surface area contributed by atoms with Crippen LogP contribution < -0.4 is 24.8 Å². The van der Waals surface area contributed by atoms with Gasteiger partial charge in [0, 0.05) is 34.7 Å². The molecule has 2 unspecified atom stereocenters. The van der Waals surface area contributed by atoms with Crippen molar-refractivity contribution in [2.24, 2.45) is 0 Å². The number of methoxy groups -OCH3 is 2. The first kappa shape index (κ1) is 22.8. The predicted molar refractivity (Wildman–Crippen MR) is 138 cm³/mol. The molecular formula is C29H30N2O4. The number of anilines is 2. The summed E-state index contributed by atoms with van der Waals surface area (Å²) in [7, 11) is 3.31. The summed E-state index contributed by atoms with van der Waals surface area (Å²) in [5.41, 5.74) is 5.50. The number of carbonyl (C=O) groups excluding carboxylic acids is 1. The Morgan fingerprint density at radius 1 is 0.857 bits per heavy atom. The largest absolute Gasteiger partial charge is 0.497 e. The van der Waals surface area contributed by atoms with E-state index < -0.39 is 0 Å². The molecule has 3 aromatic rings. The first-order chi connectivity index (χ1) is 17.1. The van der Waals surface area contributed by atoms with E-state index in [0.29, 0.717) is 19.4 Å². The van der Waals surface area contributed by atoms with E-state index >= 15 is 0 Å². The van der Waals surface area contributed by atoms with Crippen LogP contribution in [0.25, 0.3) is 0 Å². The highest BCUT2D eigenvalue weighted by molar-refractivity contribution is 6.01. The summed E-state index contributed by atoms with van der Waals surface area (Å²) < 4.78 is 17.1. The molecule has 0 saturated heterocycles. The Balaban J connectivity index is 1.63. The van der Waals surface area contributed by atoms with Crippen molar-refractivity contribution in [2.45, 2.75) is 31.7 Å². The van der Waals surface area contributed by atoms with Gasteiger partial charge in [-0.25, -0.2) is 0 Å². The number of fused-ring (bicyclic) bond motifs is 1. The van der Waals surface area contributed by atoms with E-state index in [1.807, 2.05) is 73.7 Å². The fourth-order valence-electron chi connectivity index (χ4n) is 5.11. The highest BCUT2D eigenvalue weighted by Gasteiger charge is 2.37. The summed E-state index contributed by atoms with van der Waals surface area (Å²) in [6.45, 7) is 2.52. The molecule has 1 aliphatic carbocycles. The van der Waals surface area contributed by atoms with Crippen molar-refractivity contribution >= 4 is 17.2 Å². The first-order valence-electron chi connectivity index (χ1n) is 11.9. The monoisotopic (exact) mass is 470 g/mol. The second-order valence-corrected chi connectivity index (χ2v) is 8.75. The normalized spacial score (nSPS) is 19.0. The molecule has 180 valence electrons. The topological polar surface area (TPSA) is 68.8 Å². The molecule has 0 amide bonds. The molecule has 0 fully saturated rings. The molecule has 6 nitrogen and oxygen atoms in total. The zero-order valence-electron chi connectivity index (χ0n) is 20.3. The van der Waals surface area contributed by atoms with E-state index in [0.717, 1.165) is 51.0 Å². The molecule has 0 saturated carbocycles. The van der Waals surface area contributed by atoms with Gasteiger partial charge in [0.2, 0.25) is 0 Å². The zero-order chi connectivity index (χ0) is 24.4. The number of ketones is 1. The Morgan fingerprint density at radius 3 is 2.40 bits per heavy atom. The molecule has 0 bridgehead atoms. The number of Topliss-reactive ketones (excluding diaryl/α,β-unsaturated/α-hetero) is 1. The molecule has 3 aromatic carbocycles. The summed E-state index contributed by atoms with van der Waals surface area (Å²) in [6.07, 6.45) is 1.06. The maximum Gasteiger partial charge on any atom is 0.163 e. The van der Waals surface area contributed by atoms with Gasteiger partial charge in [0.15, 0.2) is 5.78 Å². The molecule has 6 heteroatoms. The van der Waals surface area contributed by atoms with Crippen LogP contribution in [0.4, 0.5) is 11.4 Å². The molecule has 2 aliphatic rings.